The molecule has 2 heterocycles. The molecule has 4 heteroatoms. The molecule has 3 fully saturated rings. The van der Waals surface area contributed by atoms with Crippen molar-refractivity contribution in [2.75, 3.05) is 12.3 Å². The lowest BCUT2D eigenvalue weighted by molar-refractivity contribution is -0.133. The Labute approximate surface area is 133 Å². The molecule has 1 aliphatic carbocycles. The molecule has 1 amide bonds. The second kappa shape index (κ2) is 5.77. The first-order valence-corrected chi connectivity index (χ1v) is 9.69. The molecule has 3 unspecified atom stereocenters. The Morgan fingerprint density at radius 1 is 1.29 bits per heavy atom. The van der Waals surface area contributed by atoms with Gasteiger partial charge in [-0.15, -0.1) is 0 Å². The van der Waals surface area contributed by atoms with E-state index >= 15 is 0 Å². The maximum absolute atomic E-state index is 13.0. The van der Waals surface area contributed by atoms with Crippen molar-refractivity contribution in [3.63, 3.8) is 0 Å². The summed E-state index contributed by atoms with van der Waals surface area (Å²) in [6.45, 7) is 7.51. The Hall–Kier alpha value is -0.220. The molecule has 0 radical (unpaired) electrons. The SMILES string of the molecule is CCC1(C)NC(C2CCCC2)N(CC2(C)CCCS2)C1=O. The number of carbonyl (C=O) groups excluding carboxylic acids is 1. The van der Waals surface area contributed by atoms with Crippen LogP contribution in [0.5, 0.6) is 0 Å². The van der Waals surface area contributed by atoms with Crippen LogP contribution in [0.15, 0.2) is 0 Å². The summed E-state index contributed by atoms with van der Waals surface area (Å²) >= 11 is 2.06. The second-order valence-electron chi connectivity index (χ2n) is 7.65. The molecule has 3 aliphatic rings. The van der Waals surface area contributed by atoms with E-state index in [9.17, 15) is 4.79 Å². The van der Waals surface area contributed by atoms with E-state index in [0.717, 1.165) is 13.0 Å². The number of hydrogen-bond acceptors (Lipinski definition) is 3. The fourth-order valence-electron chi connectivity index (χ4n) is 4.30. The van der Waals surface area contributed by atoms with E-state index in [-0.39, 0.29) is 16.5 Å². The van der Waals surface area contributed by atoms with Gasteiger partial charge < -0.3 is 4.90 Å². The van der Waals surface area contributed by atoms with E-state index in [1.807, 2.05) is 0 Å². The van der Waals surface area contributed by atoms with Crippen molar-refractivity contribution >= 4 is 17.7 Å². The zero-order valence-electron chi connectivity index (χ0n) is 13.8. The number of amides is 1. The third-order valence-electron chi connectivity index (χ3n) is 5.89. The van der Waals surface area contributed by atoms with Crippen LogP contribution in [0, 0.1) is 5.92 Å². The van der Waals surface area contributed by atoms with Crippen LogP contribution in [-0.4, -0.2) is 39.6 Å². The van der Waals surface area contributed by atoms with Crippen molar-refractivity contribution in [3.8, 4) is 0 Å². The summed E-state index contributed by atoms with van der Waals surface area (Å²) in [6, 6.07) is 0. The number of rotatable bonds is 4. The average molecular weight is 311 g/mol. The quantitative estimate of drug-likeness (QED) is 0.864. The van der Waals surface area contributed by atoms with E-state index < -0.39 is 0 Å². The third kappa shape index (κ3) is 2.86. The van der Waals surface area contributed by atoms with Crippen molar-refractivity contribution in [2.45, 2.75) is 82.2 Å². The van der Waals surface area contributed by atoms with Crippen LogP contribution in [0.4, 0.5) is 0 Å². The topological polar surface area (TPSA) is 32.3 Å². The van der Waals surface area contributed by atoms with Crippen LogP contribution in [0.3, 0.4) is 0 Å². The van der Waals surface area contributed by atoms with Gasteiger partial charge in [-0.2, -0.15) is 11.8 Å². The van der Waals surface area contributed by atoms with Gasteiger partial charge in [0.25, 0.3) is 0 Å². The first-order chi connectivity index (χ1) is 9.97. The van der Waals surface area contributed by atoms with Gasteiger partial charge >= 0.3 is 0 Å². The summed E-state index contributed by atoms with van der Waals surface area (Å²) in [5, 5.41) is 3.72. The Morgan fingerprint density at radius 2 is 2.00 bits per heavy atom. The summed E-state index contributed by atoms with van der Waals surface area (Å²) in [7, 11) is 0. The Morgan fingerprint density at radius 3 is 2.57 bits per heavy atom. The molecule has 1 N–H and O–H groups in total. The minimum absolute atomic E-state index is 0.271. The van der Waals surface area contributed by atoms with Crippen molar-refractivity contribution in [1.29, 1.82) is 0 Å². The Kier molecular flexibility index (Phi) is 4.30. The molecule has 3 nitrogen and oxygen atoms in total. The maximum Gasteiger partial charge on any atom is 0.243 e. The van der Waals surface area contributed by atoms with Crippen LogP contribution < -0.4 is 5.32 Å². The van der Waals surface area contributed by atoms with Crippen molar-refractivity contribution in [2.24, 2.45) is 5.92 Å². The van der Waals surface area contributed by atoms with E-state index in [0.29, 0.717) is 11.8 Å². The fourth-order valence-corrected chi connectivity index (χ4v) is 5.60. The monoisotopic (exact) mass is 310 g/mol. The van der Waals surface area contributed by atoms with Crippen LogP contribution in [0.25, 0.3) is 0 Å². The summed E-state index contributed by atoms with van der Waals surface area (Å²) in [6.07, 6.45) is 8.95. The molecular weight excluding hydrogens is 280 g/mol. The molecule has 120 valence electrons. The number of nitrogens with zero attached hydrogens (tertiary/aromatic N) is 1. The molecule has 1 saturated carbocycles. The zero-order chi connectivity index (χ0) is 15.1. The highest BCUT2D eigenvalue weighted by molar-refractivity contribution is 8.00. The van der Waals surface area contributed by atoms with Gasteiger partial charge in [-0.3, -0.25) is 10.1 Å². The summed E-state index contributed by atoms with van der Waals surface area (Å²) in [5.41, 5.74) is -0.340. The van der Waals surface area contributed by atoms with Crippen LogP contribution >= 0.6 is 11.8 Å². The van der Waals surface area contributed by atoms with Gasteiger partial charge in [0.05, 0.1) is 11.7 Å². The number of thioether (sulfide) groups is 1. The van der Waals surface area contributed by atoms with Crippen LogP contribution in [0.1, 0.15) is 65.7 Å². The number of hydrogen-bond donors (Lipinski definition) is 1. The lowest BCUT2D eigenvalue weighted by Gasteiger charge is -2.35. The average Bonchev–Trinajstić information content (AvgIpc) is 3.17. The molecule has 0 spiro atoms. The largest absolute Gasteiger partial charge is 0.324 e. The summed E-state index contributed by atoms with van der Waals surface area (Å²) < 4.78 is 0.271. The van der Waals surface area contributed by atoms with Crippen molar-refractivity contribution < 1.29 is 4.79 Å². The van der Waals surface area contributed by atoms with Crippen LogP contribution in [0.2, 0.25) is 0 Å². The van der Waals surface area contributed by atoms with Crippen LogP contribution in [-0.2, 0) is 4.79 Å². The van der Waals surface area contributed by atoms with Gasteiger partial charge in [0.1, 0.15) is 0 Å². The number of carbonyl (C=O) groups is 1. The highest BCUT2D eigenvalue weighted by Crippen LogP contribution is 2.42. The van der Waals surface area contributed by atoms with E-state index in [1.165, 1.54) is 44.3 Å². The lowest BCUT2D eigenvalue weighted by Crippen LogP contribution is -2.47. The van der Waals surface area contributed by atoms with Gasteiger partial charge in [0, 0.05) is 11.3 Å². The highest BCUT2D eigenvalue weighted by Gasteiger charge is 2.51. The van der Waals surface area contributed by atoms with Gasteiger partial charge in [-0.1, -0.05) is 19.8 Å². The highest BCUT2D eigenvalue weighted by atomic mass is 32.2. The molecule has 2 aliphatic heterocycles. The molecular formula is C17H30N2OS. The van der Waals surface area contributed by atoms with Crippen molar-refractivity contribution in [3.05, 3.63) is 0 Å². The van der Waals surface area contributed by atoms with Gasteiger partial charge in [0.15, 0.2) is 0 Å². The predicted octanol–water partition coefficient (Wildman–Crippen LogP) is 3.39. The lowest BCUT2D eigenvalue weighted by atomic mass is 9.98. The predicted molar refractivity (Wildman–Crippen MR) is 89.4 cm³/mol. The number of nitrogens with one attached hydrogen (secondary N) is 1. The standard InChI is InChI=1S/C17H30N2OS/c1-4-17(3)15(20)19(12-16(2)10-7-11-21-16)14(18-17)13-8-5-6-9-13/h13-14,18H,4-12H2,1-3H3. The summed E-state index contributed by atoms with van der Waals surface area (Å²) in [4.78, 5) is 15.2. The minimum Gasteiger partial charge on any atom is -0.324 e. The molecule has 0 aromatic carbocycles. The molecule has 3 rings (SSSR count). The van der Waals surface area contributed by atoms with Gasteiger partial charge in [-0.25, -0.2) is 0 Å². The van der Waals surface area contributed by atoms with Gasteiger partial charge in [0.2, 0.25) is 5.91 Å². The summed E-state index contributed by atoms with van der Waals surface area (Å²) in [5.74, 6) is 2.26. The second-order valence-corrected chi connectivity index (χ2v) is 9.34. The molecule has 0 aromatic heterocycles. The normalized spacial score (nSPS) is 41.4. The molecule has 0 aromatic rings. The molecule has 21 heavy (non-hydrogen) atoms. The Balaban J connectivity index is 1.80. The van der Waals surface area contributed by atoms with E-state index in [1.54, 1.807) is 0 Å². The first-order valence-electron chi connectivity index (χ1n) is 8.70. The molecule has 2 saturated heterocycles. The fraction of sp³-hybridized carbons (Fsp3) is 0.941. The smallest absolute Gasteiger partial charge is 0.243 e. The zero-order valence-corrected chi connectivity index (χ0v) is 14.6. The first kappa shape index (κ1) is 15.7. The van der Waals surface area contributed by atoms with Gasteiger partial charge in [-0.05, 0) is 57.6 Å². The maximum atomic E-state index is 13.0. The third-order valence-corrected chi connectivity index (χ3v) is 7.42. The Bertz CT molecular complexity index is 402. The molecule has 3 atom stereocenters. The van der Waals surface area contributed by atoms with E-state index in [4.69, 9.17) is 0 Å². The van der Waals surface area contributed by atoms with Crippen molar-refractivity contribution in [1.82, 2.24) is 10.2 Å². The minimum atomic E-state index is -0.340. The van der Waals surface area contributed by atoms with E-state index in [2.05, 4.69) is 42.7 Å². The molecule has 0 bridgehead atoms.